The number of benzene rings is 3. The van der Waals surface area contributed by atoms with Crippen LogP contribution in [0.15, 0.2) is 66.7 Å². The average Bonchev–Trinajstić information content (AvgIpc) is 3.10. The molecule has 7 rings (SSSR count). The molecule has 3 aromatic carbocycles. The summed E-state index contributed by atoms with van der Waals surface area (Å²) in [6.45, 7) is -0.475. The Hall–Kier alpha value is -2.57. The van der Waals surface area contributed by atoms with E-state index >= 15 is 0 Å². The minimum Gasteiger partial charge on any atom is -0.324 e. The standard InChI is InChI=1S/C26H16Cl4N2O3/c27-18-10-9-13(11-19(18)28)31-20(33)12-32-23(34)21-22(24(32)35)26(30)15-6-2-1-5-14(15)25(21,29)16-7-3-4-8-17(16)26/h1-11,21-22H,12H2,(H,31,33)/t21-,22-,25?,26?/m1/s1. The van der Waals surface area contributed by atoms with Crippen molar-refractivity contribution < 1.29 is 14.4 Å². The van der Waals surface area contributed by atoms with E-state index in [2.05, 4.69) is 5.32 Å². The molecule has 2 bridgehead atoms. The second-order valence-electron chi connectivity index (χ2n) is 8.91. The smallest absolute Gasteiger partial charge is 0.244 e. The molecule has 3 aromatic rings. The van der Waals surface area contributed by atoms with E-state index in [4.69, 9.17) is 46.4 Å². The summed E-state index contributed by atoms with van der Waals surface area (Å²) in [7, 11) is 0. The van der Waals surface area contributed by atoms with E-state index in [0.717, 1.165) is 4.90 Å². The zero-order chi connectivity index (χ0) is 24.7. The van der Waals surface area contributed by atoms with Crippen molar-refractivity contribution in [3.8, 4) is 0 Å². The molecule has 5 nitrogen and oxygen atoms in total. The van der Waals surface area contributed by atoms with Crippen LogP contribution in [-0.4, -0.2) is 29.2 Å². The third kappa shape index (κ3) is 2.93. The number of nitrogens with one attached hydrogen (secondary N) is 1. The third-order valence-electron chi connectivity index (χ3n) is 7.18. The summed E-state index contributed by atoms with van der Waals surface area (Å²) >= 11 is 26.7. The zero-order valence-electron chi connectivity index (χ0n) is 17.9. The van der Waals surface area contributed by atoms with Gasteiger partial charge < -0.3 is 5.32 Å². The van der Waals surface area contributed by atoms with Crippen LogP contribution in [0.3, 0.4) is 0 Å². The van der Waals surface area contributed by atoms with Crippen molar-refractivity contribution in [2.24, 2.45) is 11.8 Å². The van der Waals surface area contributed by atoms with Gasteiger partial charge in [-0.1, -0.05) is 71.7 Å². The molecular weight excluding hydrogens is 530 g/mol. The maximum atomic E-state index is 13.7. The van der Waals surface area contributed by atoms with E-state index in [0.29, 0.717) is 33.0 Å². The van der Waals surface area contributed by atoms with E-state index in [1.54, 1.807) is 12.1 Å². The Kier molecular flexibility index (Phi) is 5.04. The Bertz CT molecular complexity index is 1330. The topological polar surface area (TPSA) is 66.5 Å². The number of anilines is 1. The lowest BCUT2D eigenvalue weighted by Gasteiger charge is -2.54. The van der Waals surface area contributed by atoms with Crippen molar-refractivity contribution in [3.05, 3.63) is 99.0 Å². The van der Waals surface area contributed by atoms with Gasteiger partial charge in [-0.25, -0.2) is 0 Å². The van der Waals surface area contributed by atoms with Crippen molar-refractivity contribution >= 4 is 69.8 Å². The lowest BCUT2D eigenvalue weighted by Crippen LogP contribution is -2.57. The van der Waals surface area contributed by atoms with Crippen molar-refractivity contribution in [3.63, 3.8) is 0 Å². The number of carbonyl (C=O) groups excluding carboxylic acids is 3. The fraction of sp³-hybridized carbons (Fsp3) is 0.192. The van der Waals surface area contributed by atoms with Crippen LogP contribution in [-0.2, 0) is 24.1 Å². The van der Waals surface area contributed by atoms with Crippen LogP contribution in [0.4, 0.5) is 5.69 Å². The van der Waals surface area contributed by atoms with Gasteiger partial charge >= 0.3 is 0 Å². The Morgan fingerprint density at radius 3 is 1.66 bits per heavy atom. The second kappa shape index (κ2) is 7.71. The van der Waals surface area contributed by atoms with E-state index in [1.807, 2.05) is 48.5 Å². The molecule has 0 saturated carbocycles. The van der Waals surface area contributed by atoms with Gasteiger partial charge in [0.1, 0.15) is 16.3 Å². The van der Waals surface area contributed by atoms with Crippen molar-refractivity contribution in [1.29, 1.82) is 0 Å². The van der Waals surface area contributed by atoms with E-state index < -0.39 is 45.9 Å². The number of amides is 3. The molecule has 0 aromatic heterocycles. The first kappa shape index (κ1) is 22.9. The summed E-state index contributed by atoms with van der Waals surface area (Å²) in [6, 6.07) is 19.4. The molecule has 1 N–H and O–H groups in total. The summed E-state index contributed by atoms with van der Waals surface area (Å²) in [5.74, 6) is -3.49. The normalized spacial score (nSPS) is 27.9. The van der Waals surface area contributed by atoms with Gasteiger partial charge in [0.2, 0.25) is 17.7 Å². The quantitative estimate of drug-likeness (QED) is 0.348. The first-order chi connectivity index (χ1) is 16.7. The van der Waals surface area contributed by atoms with Crippen molar-refractivity contribution in [2.45, 2.75) is 9.75 Å². The molecule has 1 saturated heterocycles. The molecule has 0 radical (unpaired) electrons. The molecule has 2 atom stereocenters. The summed E-state index contributed by atoms with van der Waals surface area (Å²) in [4.78, 5) is 38.7. The highest BCUT2D eigenvalue weighted by Crippen LogP contribution is 2.69. The number of likely N-dealkylation sites (tertiary alicyclic amines) is 1. The maximum Gasteiger partial charge on any atom is 0.244 e. The fourth-order valence-electron chi connectivity index (χ4n) is 5.80. The molecule has 3 aliphatic carbocycles. The largest absolute Gasteiger partial charge is 0.324 e. The van der Waals surface area contributed by atoms with E-state index in [9.17, 15) is 14.4 Å². The number of nitrogens with zero attached hydrogens (tertiary/aromatic N) is 1. The van der Waals surface area contributed by atoms with Gasteiger partial charge in [0.15, 0.2) is 0 Å². The highest BCUT2D eigenvalue weighted by Gasteiger charge is 2.73. The summed E-state index contributed by atoms with van der Waals surface area (Å²) < 4.78 is 0. The molecule has 1 fully saturated rings. The highest BCUT2D eigenvalue weighted by atomic mass is 35.5. The molecule has 176 valence electrons. The number of imide groups is 1. The van der Waals surface area contributed by atoms with Gasteiger partial charge in [0.25, 0.3) is 0 Å². The second-order valence-corrected chi connectivity index (χ2v) is 10.9. The number of hydrogen-bond donors (Lipinski definition) is 1. The van der Waals surface area contributed by atoms with Crippen LogP contribution in [0.2, 0.25) is 10.0 Å². The first-order valence-electron chi connectivity index (χ1n) is 10.9. The molecule has 35 heavy (non-hydrogen) atoms. The lowest BCUT2D eigenvalue weighted by atomic mass is 9.54. The molecule has 9 heteroatoms. The molecule has 3 amide bonds. The Morgan fingerprint density at radius 2 is 1.23 bits per heavy atom. The minimum atomic E-state index is -1.28. The monoisotopic (exact) mass is 544 g/mol. The van der Waals surface area contributed by atoms with E-state index in [1.165, 1.54) is 6.07 Å². The Labute approximate surface area is 220 Å². The highest BCUT2D eigenvalue weighted by molar-refractivity contribution is 6.42. The van der Waals surface area contributed by atoms with Crippen LogP contribution in [0.1, 0.15) is 22.3 Å². The van der Waals surface area contributed by atoms with Gasteiger partial charge in [0, 0.05) is 5.69 Å². The van der Waals surface area contributed by atoms with Crippen LogP contribution in [0, 0.1) is 11.8 Å². The van der Waals surface area contributed by atoms with Crippen LogP contribution in [0.25, 0.3) is 0 Å². The van der Waals surface area contributed by atoms with Crippen LogP contribution < -0.4 is 5.32 Å². The fourth-order valence-corrected chi connectivity index (χ4v) is 7.19. The van der Waals surface area contributed by atoms with Crippen molar-refractivity contribution in [2.75, 3.05) is 11.9 Å². The Balaban J connectivity index is 1.40. The lowest BCUT2D eigenvalue weighted by molar-refractivity contribution is -0.142. The zero-order valence-corrected chi connectivity index (χ0v) is 20.9. The molecule has 1 heterocycles. The average molecular weight is 546 g/mol. The molecule has 1 aliphatic heterocycles. The number of carbonyl (C=O) groups is 3. The SMILES string of the molecule is O=C(CN1C(=O)[C@H]2[C@H](C1=O)C1(Cl)c3ccccc3C2(Cl)c2ccccc21)Nc1ccc(Cl)c(Cl)c1. The molecular formula is C26H16Cl4N2O3. The van der Waals surface area contributed by atoms with Gasteiger partial charge in [-0.15, -0.1) is 23.2 Å². The van der Waals surface area contributed by atoms with Gasteiger partial charge in [-0.05, 0) is 40.5 Å². The van der Waals surface area contributed by atoms with Gasteiger partial charge in [-0.3, -0.25) is 19.3 Å². The Morgan fingerprint density at radius 1 is 0.771 bits per heavy atom. The van der Waals surface area contributed by atoms with Crippen LogP contribution >= 0.6 is 46.4 Å². The van der Waals surface area contributed by atoms with Crippen LogP contribution in [0.5, 0.6) is 0 Å². The van der Waals surface area contributed by atoms with Gasteiger partial charge in [0.05, 0.1) is 21.9 Å². The minimum absolute atomic E-state index is 0.268. The predicted octanol–water partition coefficient (Wildman–Crippen LogP) is 5.53. The molecule has 0 spiro atoms. The number of alkyl halides is 2. The van der Waals surface area contributed by atoms with Crippen molar-refractivity contribution in [1.82, 2.24) is 4.90 Å². The summed E-state index contributed by atoms with van der Waals surface area (Å²) in [5, 5.41) is 3.27. The third-order valence-corrected chi connectivity index (χ3v) is 9.21. The maximum absolute atomic E-state index is 13.7. The number of rotatable bonds is 3. The molecule has 0 unspecified atom stereocenters. The number of hydrogen-bond acceptors (Lipinski definition) is 3. The number of halogens is 4. The summed E-state index contributed by atoms with van der Waals surface area (Å²) in [6.07, 6.45) is 0. The summed E-state index contributed by atoms with van der Waals surface area (Å²) in [5.41, 5.74) is 3.22. The van der Waals surface area contributed by atoms with E-state index in [-0.39, 0.29) is 5.02 Å². The first-order valence-corrected chi connectivity index (χ1v) is 12.4. The predicted molar refractivity (Wildman–Crippen MR) is 135 cm³/mol. The van der Waals surface area contributed by atoms with Gasteiger partial charge in [-0.2, -0.15) is 0 Å². The molecule has 4 aliphatic rings.